The monoisotopic (exact) mass is 357 g/mol. The molecule has 0 rings (SSSR count). The molecule has 0 spiro atoms. The number of carboxylic acid groups (broad SMARTS) is 1. The first kappa shape index (κ1) is 23.3. The van der Waals surface area contributed by atoms with Crippen LogP contribution in [-0.2, 0) is 9.59 Å². The molecule has 0 saturated carbocycles. The third-order valence-corrected chi connectivity index (χ3v) is 4.33. The zero-order valence-electron chi connectivity index (χ0n) is 15.4. The Morgan fingerprint density at radius 1 is 1.12 bits per heavy atom. The molecule has 5 nitrogen and oxygen atoms in total. The summed E-state index contributed by atoms with van der Waals surface area (Å²) in [6.07, 6.45) is 5.46. The van der Waals surface area contributed by atoms with Gasteiger partial charge in [0.25, 0.3) is 0 Å². The van der Waals surface area contributed by atoms with Crippen molar-refractivity contribution in [2.75, 3.05) is 13.2 Å². The van der Waals surface area contributed by atoms with Gasteiger partial charge in [-0.3, -0.25) is 9.59 Å². The molecule has 3 N–H and O–H groups in total. The number of rotatable bonds is 14. The highest BCUT2D eigenvalue weighted by atomic mass is 19.1. The summed E-state index contributed by atoms with van der Waals surface area (Å²) in [5.41, 5.74) is 1.11. The fourth-order valence-electron chi connectivity index (χ4n) is 2.36. The minimum atomic E-state index is -0.764. The Hall–Kier alpha value is -1.69. The molecular weight excluding hydrogens is 325 g/mol. The van der Waals surface area contributed by atoms with Crippen LogP contribution < -0.4 is 5.32 Å². The van der Waals surface area contributed by atoms with Gasteiger partial charge in [-0.25, -0.2) is 4.39 Å². The van der Waals surface area contributed by atoms with Crippen molar-refractivity contribution in [2.45, 2.75) is 65.2 Å². The van der Waals surface area contributed by atoms with Crippen molar-refractivity contribution in [3.8, 4) is 0 Å². The van der Waals surface area contributed by atoms with Crippen molar-refractivity contribution >= 4 is 11.9 Å². The first-order valence-corrected chi connectivity index (χ1v) is 8.93. The van der Waals surface area contributed by atoms with E-state index in [2.05, 4.69) is 11.9 Å². The number of amides is 1. The number of aliphatic hydroxyl groups is 1. The van der Waals surface area contributed by atoms with Gasteiger partial charge in [0.1, 0.15) is 0 Å². The molecule has 1 amide bonds. The Bertz CT molecular complexity index is 474. The molecule has 0 aliphatic heterocycles. The Labute approximate surface area is 150 Å². The number of unbranched alkanes of at least 4 members (excludes halogenated alkanes) is 4. The maximum atomic E-state index is 13.0. The predicted octanol–water partition coefficient (Wildman–Crippen LogP) is 3.74. The molecule has 0 aliphatic carbocycles. The molecule has 0 bridgehead atoms. The Morgan fingerprint density at radius 2 is 1.72 bits per heavy atom. The number of carbonyl (C=O) groups is 2. The standard InChI is InChI=1S/C19H32FNO4/c1-14(16(3)20)10-11-17(13-22)15(2)19(25)21-12-8-6-4-5-7-9-18(23)24/h14,22H,3-13H2,1-2H3,(H,21,25)(H,23,24)/b17-15-. The van der Waals surface area contributed by atoms with E-state index in [-0.39, 0.29) is 30.7 Å². The van der Waals surface area contributed by atoms with Crippen LogP contribution in [0.2, 0.25) is 0 Å². The topological polar surface area (TPSA) is 86.6 Å². The number of allylic oxidation sites excluding steroid dienone is 1. The number of carboxylic acids is 1. The van der Waals surface area contributed by atoms with Crippen LogP contribution in [0.3, 0.4) is 0 Å². The summed E-state index contributed by atoms with van der Waals surface area (Å²) < 4.78 is 13.0. The van der Waals surface area contributed by atoms with E-state index in [1.54, 1.807) is 13.8 Å². The Kier molecular flexibility index (Phi) is 12.7. The second-order valence-electron chi connectivity index (χ2n) is 6.44. The number of aliphatic carboxylic acids is 1. The van der Waals surface area contributed by atoms with E-state index in [0.29, 0.717) is 37.0 Å². The van der Waals surface area contributed by atoms with Gasteiger partial charge in [0, 0.05) is 24.5 Å². The number of halogens is 1. The van der Waals surface area contributed by atoms with Crippen molar-refractivity contribution in [3.05, 3.63) is 23.6 Å². The second-order valence-corrected chi connectivity index (χ2v) is 6.44. The van der Waals surface area contributed by atoms with Crippen molar-refractivity contribution in [2.24, 2.45) is 5.92 Å². The normalized spacial score (nSPS) is 13.1. The highest BCUT2D eigenvalue weighted by Crippen LogP contribution is 2.20. The van der Waals surface area contributed by atoms with E-state index in [9.17, 15) is 19.1 Å². The summed E-state index contributed by atoms with van der Waals surface area (Å²) in [4.78, 5) is 22.5. The van der Waals surface area contributed by atoms with Crippen molar-refractivity contribution in [1.82, 2.24) is 5.32 Å². The molecule has 6 heteroatoms. The molecule has 1 unspecified atom stereocenters. The molecule has 1 atom stereocenters. The lowest BCUT2D eigenvalue weighted by Crippen LogP contribution is -2.26. The van der Waals surface area contributed by atoms with Crippen molar-refractivity contribution in [3.63, 3.8) is 0 Å². The van der Waals surface area contributed by atoms with Gasteiger partial charge in [0.05, 0.1) is 12.4 Å². The minimum Gasteiger partial charge on any atom is -0.481 e. The first-order chi connectivity index (χ1) is 11.8. The summed E-state index contributed by atoms with van der Waals surface area (Å²) in [5, 5.41) is 20.8. The molecule has 144 valence electrons. The van der Waals surface area contributed by atoms with E-state index >= 15 is 0 Å². The highest BCUT2D eigenvalue weighted by molar-refractivity contribution is 5.93. The molecule has 0 aliphatic rings. The van der Waals surface area contributed by atoms with Crippen molar-refractivity contribution < 1.29 is 24.2 Å². The number of nitrogens with one attached hydrogen (secondary N) is 1. The van der Waals surface area contributed by atoms with Gasteiger partial charge in [-0.05, 0) is 38.2 Å². The Morgan fingerprint density at radius 3 is 2.28 bits per heavy atom. The van der Waals surface area contributed by atoms with E-state index in [4.69, 9.17) is 5.11 Å². The van der Waals surface area contributed by atoms with Gasteiger partial charge < -0.3 is 15.5 Å². The van der Waals surface area contributed by atoms with Crippen LogP contribution in [0.25, 0.3) is 0 Å². The number of carbonyl (C=O) groups excluding carboxylic acids is 1. The summed E-state index contributed by atoms with van der Waals surface area (Å²) in [6.45, 7) is 7.00. The van der Waals surface area contributed by atoms with Crippen LogP contribution in [0.1, 0.15) is 65.2 Å². The lowest BCUT2D eigenvalue weighted by atomic mass is 9.97. The maximum Gasteiger partial charge on any atom is 0.303 e. The molecule has 0 saturated heterocycles. The molecular formula is C19H32FNO4. The molecule has 0 radical (unpaired) electrons. The van der Waals surface area contributed by atoms with Crippen molar-refractivity contribution in [1.29, 1.82) is 0 Å². The van der Waals surface area contributed by atoms with Crippen LogP contribution in [0.4, 0.5) is 4.39 Å². The molecule has 0 aromatic carbocycles. The summed E-state index contributed by atoms with van der Waals surface area (Å²) in [6, 6.07) is 0. The average Bonchev–Trinajstić information content (AvgIpc) is 2.56. The summed E-state index contributed by atoms with van der Waals surface area (Å²) >= 11 is 0. The van der Waals surface area contributed by atoms with Gasteiger partial charge in [0.15, 0.2) is 0 Å². The smallest absolute Gasteiger partial charge is 0.303 e. The first-order valence-electron chi connectivity index (χ1n) is 8.93. The lowest BCUT2D eigenvalue weighted by molar-refractivity contribution is -0.137. The fraction of sp³-hybridized carbons (Fsp3) is 0.684. The summed E-state index contributed by atoms with van der Waals surface area (Å²) in [7, 11) is 0. The molecule has 0 aromatic rings. The number of hydrogen-bond acceptors (Lipinski definition) is 3. The number of aliphatic hydroxyl groups excluding tert-OH is 1. The third kappa shape index (κ3) is 11.5. The molecule has 0 fully saturated rings. The van der Waals surface area contributed by atoms with Crippen LogP contribution in [0.15, 0.2) is 23.6 Å². The largest absolute Gasteiger partial charge is 0.481 e. The number of hydrogen-bond donors (Lipinski definition) is 3. The SMILES string of the molecule is C=C(F)C(C)CC/C(CO)=C(\C)C(=O)NCCCCCCCC(=O)O. The summed E-state index contributed by atoms with van der Waals surface area (Å²) in [5.74, 6) is -1.65. The maximum absolute atomic E-state index is 13.0. The van der Waals surface area contributed by atoms with E-state index in [1.807, 2.05) is 0 Å². The fourth-order valence-corrected chi connectivity index (χ4v) is 2.36. The quantitative estimate of drug-likeness (QED) is 0.326. The second kappa shape index (κ2) is 13.6. The molecule has 25 heavy (non-hydrogen) atoms. The van der Waals surface area contributed by atoms with Gasteiger partial charge in [0.2, 0.25) is 5.91 Å². The van der Waals surface area contributed by atoms with E-state index < -0.39 is 5.97 Å². The van der Waals surface area contributed by atoms with E-state index in [0.717, 1.165) is 25.7 Å². The highest BCUT2D eigenvalue weighted by Gasteiger charge is 2.13. The molecule has 0 aromatic heterocycles. The van der Waals surface area contributed by atoms with Crippen LogP contribution in [-0.4, -0.2) is 35.2 Å². The third-order valence-electron chi connectivity index (χ3n) is 4.33. The van der Waals surface area contributed by atoms with E-state index in [1.165, 1.54) is 0 Å². The molecule has 0 heterocycles. The zero-order chi connectivity index (χ0) is 19.2. The van der Waals surface area contributed by atoms with Crippen LogP contribution in [0, 0.1) is 5.92 Å². The van der Waals surface area contributed by atoms with Crippen LogP contribution >= 0.6 is 0 Å². The lowest BCUT2D eigenvalue weighted by Gasteiger charge is -2.13. The van der Waals surface area contributed by atoms with Gasteiger partial charge in [-0.1, -0.05) is 32.8 Å². The predicted molar refractivity (Wildman–Crippen MR) is 96.8 cm³/mol. The minimum absolute atomic E-state index is 0.207. The van der Waals surface area contributed by atoms with Gasteiger partial charge >= 0.3 is 5.97 Å². The van der Waals surface area contributed by atoms with Crippen LogP contribution in [0.5, 0.6) is 0 Å². The zero-order valence-corrected chi connectivity index (χ0v) is 15.4. The van der Waals surface area contributed by atoms with Gasteiger partial charge in [-0.2, -0.15) is 0 Å². The van der Waals surface area contributed by atoms with Gasteiger partial charge in [-0.15, -0.1) is 0 Å². The average molecular weight is 357 g/mol. The Balaban J connectivity index is 4.08.